The summed E-state index contributed by atoms with van der Waals surface area (Å²) in [6.45, 7) is 5.69. The lowest BCUT2D eigenvalue weighted by molar-refractivity contribution is 0.126. The number of piperidine rings is 1. The van der Waals surface area contributed by atoms with Crippen molar-refractivity contribution in [1.29, 1.82) is 5.26 Å². The van der Waals surface area contributed by atoms with Crippen LogP contribution in [0, 0.1) is 25.2 Å². The van der Waals surface area contributed by atoms with Gasteiger partial charge in [0.1, 0.15) is 34.9 Å². The second-order valence-electron chi connectivity index (χ2n) is 7.39. The molecule has 4 heterocycles. The summed E-state index contributed by atoms with van der Waals surface area (Å²) in [5.74, 6) is 3.39. The highest BCUT2D eigenvalue weighted by atomic mass is 16.3. The van der Waals surface area contributed by atoms with Crippen molar-refractivity contribution in [2.45, 2.75) is 45.7 Å². The smallest absolute Gasteiger partial charge is 0.140 e. The highest BCUT2D eigenvalue weighted by Crippen LogP contribution is 2.32. The molecular weight excluding hydrogens is 364 g/mol. The Morgan fingerprint density at radius 2 is 2.10 bits per heavy atom. The molecule has 7 heteroatoms. The quantitative estimate of drug-likeness (QED) is 0.691. The minimum absolute atomic E-state index is 0.232. The van der Waals surface area contributed by atoms with Crippen LogP contribution in [0.15, 0.2) is 40.9 Å². The van der Waals surface area contributed by atoms with E-state index in [9.17, 15) is 0 Å². The number of rotatable bonds is 5. The van der Waals surface area contributed by atoms with Crippen molar-refractivity contribution in [3.8, 4) is 6.07 Å². The summed E-state index contributed by atoms with van der Waals surface area (Å²) < 4.78 is 5.80. The van der Waals surface area contributed by atoms with Crippen LogP contribution in [-0.4, -0.2) is 26.4 Å². The van der Waals surface area contributed by atoms with Crippen molar-refractivity contribution in [2.24, 2.45) is 0 Å². The molecule has 0 radical (unpaired) electrons. The number of likely N-dealkylation sites (tertiary alicyclic amines) is 1. The lowest BCUT2D eigenvalue weighted by atomic mass is 9.98. The first-order valence-corrected chi connectivity index (χ1v) is 9.89. The Kier molecular flexibility index (Phi) is 5.54. The van der Waals surface area contributed by atoms with Crippen molar-refractivity contribution >= 4 is 11.5 Å². The normalized spacial score (nSPS) is 17.1. The SMILES string of the molecule is Cc1nc(Nc2ccc(C#N)nc2)cc([C@@H]2CCCCN2Cc2ccc(C)o2)n1. The van der Waals surface area contributed by atoms with Gasteiger partial charge in [-0.25, -0.2) is 15.0 Å². The standard InChI is InChI=1S/C22H24N6O/c1-15-6-9-19(29-15)14-28-10-4-3-5-21(28)20-11-22(26-16(2)25-20)27-18-8-7-17(12-23)24-13-18/h6-9,11,13,21H,3-5,10,14H2,1-2H3,(H,25,26,27)/t21-/m0/s1. The average Bonchev–Trinajstić information content (AvgIpc) is 3.13. The summed E-state index contributed by atoms with van der Waals surface area (Å²) in [4.78, 5) is 15.8. The molecule has 1 aliphatic heterocycles. The molecule has 0 unspecified atom stereocenters. The number of nitrogens with one attached hydrogen (secondary N) is 1. The van der Waals surface area contributed by atoms with Crippen molar-refractivity contribution in [3.05, 3.63) is 65.3 Å². The van der Waals surface area contributed by atoms with E-state index in [4.69, 9.17) is 14.7 Å². The van der Waals surface area contributed by atoms with Crippen LogP contribution in [0.3, 0.4) is 0 Å². The van der Waals surface area contributed by atoms with E-state index in [-0.39, 0.29) is 6.04 Å². The zero-order valence-corrected chi connectivity index (χ0v) is 16.7. The van der Waals surface area contributed by atoms with Crippen molar-refractivity contribution in [1.82, 2.24) is 19.9 Å². The predicted octanol–water partition coefficient (Wildman–Crippen LogP) is 4.42. The molecule has 0 amide bonds. The molecule has 3 aromatic rings. The molecule has 0 spiro atoms. The molecular formula is C22H24N6O. The van der Waals surface area contributed by atoms with E-state index in [1.54, 1.807) is 12.3 Å². The van der Waals surface area contributed by atoms with Gasteiger partial charge in [-0.15, -0.1) is 0 Å². The van der Waals surface area contributed by atoms with Crippen LogP contribution >= 0.6 is 0 Å². The number of nitriles is 1. The second-order valence-corrected chi connectivity index (χ2v) is 7.39. The van der Waals surface area contributed by atoms with Crippen LogP contribution in [0.4, 0.5) is 11.5 Å². The van der Waals surface area contributed by atoms with E-state index in [1.165, 1.54) is 12.8 Å². The molecule has 4 rings (SSSR count). The van der Waals surface area contributed by atoms with Crippen LogP contribution in [0.25, 0.3) is 0 Å². The number of nitrogens with zero attached hydrogens (tertiary/aromatic N) is 5. The fourth-order valence-corrected chi connectivity index (χ4v) is 3.79. The molecule has 0 bridgehead atoms. The van der Waals surface area contributed by atoms with E-state index < -0.39 is 0 Å². The fourth-order valence-electron chi connectivity index (χ4n) is 3.79. The van der Waals surface area contributed by atoms with Crippen LogP contribution in [0.2, 0.25) is 0 Å². The third-order valence-corrected chi connectivity index (χ3v) is 5.12. The molecule has 148 valence electrons. The molecule has 1 N–H and O–H groups in total. The Labute approximate surface area is 170 Å². The predicted molar refractivity (Wildman–Crippen MR) is 109 cm³/mol. The maximum Gasteiger partial charge on any atom is 0.140 e. The Hall–Kier alpha value is -3.24. The molecule has 1 saturated heterocycles. The highest BCUT2D eigenvalue weighted by Gasteiger charge is 2.26. The third kappa shape index (κ3) is 4.61. The van der Waals surface area contributed by atoms with Crippen LogP contribution in [0.1, 0.15) is 54.0 Å². The fraction of sp³-hybridized carbons (Fsp3) is 0.364. The first-order chi connectivity index (χ1) is 14.1. The van der Waals surface area contributed by atoms with Gasteiger partial charge in [-0.2, -0.15) is 5.26 Å². The molecule has 0 aromatic carbocycles. The van der Waals surface area contributed by atoms with Gasteiger partial charge in [-0.1, -0.05) is 6.42 Å². The number of hydrogen-bond donors (Lipinski definition) is 1. The molecule has 7 nitrogen and oxygen atoms in total. The maximum absolute atomic E-state index is 8.90. The average molecular weight is 388 g/mol. The summed E-state index contributed by atoms with van der Waals surface area (Å²) in [6, 6.07) is 11.9. The lowest BCUT2D eigenvalue weighted by Gasteiger charge is -2.34. The first kappa shape index (κ1) is 19.1. The molecule has 0 saturated carbocycles. The lowest BCUT2D eigenvalue weighted by Crippen LogP contribution is -2.33. The minimum Gasteiger partial charge on any atom is -0.465 e. The molecule has 0 aliphatic carbocycles. The van der Waals surface area contributed by atoms with E-state index in [2.05, 4.69) is 26.3 Å². The Bertz CT molecular complexity index is 1020. The van der Waals surface area contributed by atoms with Gasteiger partial charge in [0, 0.05) is 6.07 Å². The number of hydrogen-bond acceptors (Lipinski definition) is 7. The van der Waals surface area contributed by atoms with Gasteiger partial charge < -0.3 is 9.73 Å². The van der Waals surface area contributed by atoms with E-state index in [0.717, 1.165) is 54.1 Å². The van der Waals surface area contributed by atoms with E-state index >= 15 is 0 Å². The van der Waals surface area contributed by atoms with Crippen molar-refractivity contribution in [3.63, 3.8) is 0 Å². The summed E-state index contributed by atoms with van der Waals surface area (Å²) in [7, 11) is 0. The molecule has 29 heavy (non-hydrogen) atoms. The molecule has 1 fully saturated rings. The minimum atomic E-state index is 0.232. The summed E-state index contributed by atoms with van der Waals surface area (Å²) in [6.07, 6.45) is 5.07. The van der Waals surface area contributed by atoms with Gasteiger partial charge in [-0.3, -0.25) is 4.90 Å². The van der Waals surface area contributed by atoms with Gasteiger partial charge >= 0.3 is 0 Å². The van der Waals surface area contributed by atoms with Gasteiger partial charge in [0.05, 0.1) is 30.2 Å². The van der Waals surface area contributed by atoms with Gasteiger partial charge in [-0.05, 0) is 57.5 Å². The molecule has 3 aromatic heterocycles. The Morgan fingerprint density at radius 3 is 2.83 bits per heavy atom. The van der Waals surface area contributed by atoms with E-state index in [1.807, 2.05) is 38.1 Å². The van der Waals surface area contributed by atoms with Crippen LogP contribution < -0.4 is 5.32 Å². The van der Waals surface area contributed by atoms with Crippen LogP contribution in [0.5, 0.6) is 0 Å². The number of anilines is 2. The number of pyridine rings is 1. The summed E-state index contributed by atoms with van der Waals surface area (Å²) in [5.41, 5.74) is 2.20. The molecule has 1 atom stereocenters. The zero-order chi connectivity index (χ0) is 20.2. The Balaban J connectivity index is 1.56. The first-order valence-electron chi connectivity index (χ1n) is 9.89. The van der Waals surface area contributed by atoms with Gasteiger partial charge in [0.25, 0.3) is 0 Å². The topological polar surface area (TPSA) is 90.9 Å². The largest absolute Gasteiger partial charge is 0.465 e. The van der Waals surface area contributed by atoms with Crippen molar-refractivity contribution < 1.29 is 4.42 Å². The number of aryl methyl sites for hydroxylation is 2. The van der Waals surface area contributed by atoms with Crippen molar-refractivity contribution in [2.75, 3.05) is 11.9 Å². The maximum atomic E-state index is 8.90. The zero-order valence-electron chi connectivity index (χ0n) is 16.7. The van der Waals surface area contributed by atoms with Crippen LogP contribution in [-0.2, 0) is 6.54 Å². The van der Waals surface area contributed by atoms with E-state index in [0.29, 0.717) is 5.69 Å². The monoisotopic (exact) mass is 388 g/mol. The van der Waals surface area contributed by atoms with Gasteiger partial charge in [0.2, 0.25) is 0 Å². The highest BCUT2D eigenvalue weighted by molar-refractivity contribution is 5.55. The second kappa shape index (κ2) is 8.41. The number of furan rings is 1. The Morgan fingerprint density at radius 1 is 1.21 bits per heavy atom. The summed E-state index contributed by atoms with van der Waals surface area (Å²) in [5, 5.41) is 12.2. The number of aromatic nitrogens is 3. The summed E-state index contributed by atoms with van der Waals surface area (Å²) >= 11 is 0. The third-order valence-electron chi connectivity index (χ3n) is 5.12. The molecule has 1 aliphatic rings. The van der Waals surface area contributed by atoms with Gasteiger partial charge in [0.15, 0.2) is 0 Å².